The number of thioether (sulfide) groups is 1. The topological polar surface area (TPSA) is 91.3 Å². The van der Waals surface area contributed by atoms with Gasteiger partial charge in [0, 0.05) is 17.9 Å². The van der Waals surface area contributed by atoms with Crippen LogP contribution in [0.5, 0.6) is 11.7 Å². The largest absolute Gasteiger partial charge is 0.573 e. The highest BCUT2D eigenvalue weighted by atomic mass is 32.2. The number of alkyl halides is 3. The van der Waals surface area contributed by atoms with Gasteiger partial charge >= 0.3 is 6.36 Å². The Morgan fingerprint density at radius 1 is 1.42 bits per heavy atom. The third-order valence-electron chi connectivity index (χ3n) is 2.65. The van der Waals surface area contributed by atoms with E-state index in [0.717, 1.165) is 23.9 Å². The first-order valence-electron chi connectivity index (χ1n) is 6.56. The molecule has 0 unspecified atom stereocenters. The number of benzene rings is 1. The van der Waals surface area contributed by atoms with Gasteiger partial charge in [0.25, 0.3) is 5.03 Å². The molecule has 1 aromatic heterocycles. The molecular formula is C13H12F3N3O4S. The zero-order valence-corrected chi connectivity index (χ0v) is 13.1. The standard InChI is InChI=1S/C13H12F3N3O4S/c1-19-11(12(21)23-18-19)24-7-6-10(20)17-8-2-4-9(5-3-8)22-13(14,15)16/h2-5H,6-7H2,1H3,(H-,17,18,20,21). The number of carbonyl (C=O) groups excluding carboxylic acids is 1. The number of aryl methyl sites for hydroxylation is 1. The van der Waals surface area contributed by atoms with Crippen LogP contribution in [-0.4, -0.2) is 23.3 Å². The van der Waals surface area contributed by atoms with Crippen molar-refractivity contribution < 1.29 is 37.0 Å². The van der Waals surface area contributed by atoms with E-state index in [4.69, 9.17) is 0 Å². The molecule has 24 heavy (non-hydrogen) atoms. The molecule has 0 bridgehead atoms. The monoisotopic (exact) mass is 363 g/mol. The van der Waals surface area contributed by atoms with Crippen molar-refractivity contribution in [3.63, 3.8) is 0 Å². The molecule has 0 saturated carbocycles. The lowest BCUT2D eigenvalue weighted by atomic mass is 10.3. The van der Waals surface area contributed by atoms with Gasteiger partial charge in [-0.2, -0.15) is 0 Å². The first kappa shape index (κ1) is 17.9. The number of nitrogens with zero attached hydrogens (tertiary/aromatic N) is 2. The van der Waals surface area contributed by atoms with E-state index in [1.165, 1.54) is 23.9 Å². The molecule has 2 aromatic rings. The molecule has 1 N–H and O–H groups in total. The van der Waals surface area contributed by atoms with Crippen molar-refractivity contribution in [1.82, 2.24) is 5.27 Å². The van der Waals surface area contributed by atoms with Gasteiger partial charge in [0.05, 0.1) is 5.27 Å². The van der Waals surface area contributed by atoms with Crippen LogP contribution in [0.15, 0.2) is 33.8 Å². The second-order valence-electron chi connectivity index (χ2n) is 4.51. The molecule has 0 atom stereocenters. The number of rotatable bonds is 6. The lowest BCUT2D eigenvalue weighted by Crippen LogP contribution is -2.32. The minimum Gasteiger partial charge on any atom is -0.538 e. The van der Waals surface area contributed by atoms with Crippen molar-refractivity contribution in [3.8, 4) is 11.7 Å². The fourth-order valence-electron chi connectivity index (χ4n) is 1.66. The summed E-state index contributed by atoms with van der Waals surface area (Å²) in [4.78, 5) is 11.8. The number of aromatic nitrogens is 2. The third-order valence-corrected chi connectivity index (χ3v) is 3.77. The van der Waals surface area contributed by atoms with Crippen LogP contribution in [0.3, 0.4) is 0 Å². The fraction of sp³-hybridized carbons (Fsp3) is 0.308. The Labute approximate surface area is 138 Å². The second kappa shape index (κ2) is 7.43. The molecule has 1 heterocycles. The van der Waals surface area contributed by atoms with E-state index >= 15 is 0 Å². The molecule has 0 fully saturated rings. The Morgan fingerprint density at radius 3 is 2.62 bits per heavy atom. The van der Waals surface area contributed by atoms with Crippen molar-refractivity contribution in [1.29, 1.82) is 0 Å². The molecule has 7 nitrogen and oxygen atoms in total. The van der Waals surface area contributed by atoms with Crippen LogP contribution in [0.25, 0.3) is 0 Å². The molecule has 0 spiro atoms. The minimum absolute atomic E-state index is 0.0933. The number of nitrogens with one attached hydrogen (secondary N) is 1. The van der Waals surface area contributed by atoms with Gasteiger partial charge in [-0.1, -0.05) is 16.4 Å². The van der Waals surface area contributed by atoms with Crippen LogP contribution in [-0.2, 0) is 11.8 Å². The summed E-state index contributed by atoms with van der Waals surface area (Å²) in [5, 5.41) is 17.5. The normalized spacial score (nSPS) is 11.3. The Hall–Kier alpha value is -2.43. The van der Waals surface area contributed by atoms with Crippen molar-refractivity contribution in [2.75, 3.05) is 11.1 Å². The van der Waals surface area contributed by atoms with Crippen molar-refractivity contribution in [2.45, 2.75) is 17.8 Å². The average molecular weight is 363 g/mol. The summed E-state index contributed by atoms with van der Waals surface area (Å²) in [6.07, 6.45) is -4.67. The van der Waals surface area contributed by atoms with Gasteiger partial charge < -0.3 is 19.7 Å². The van der Waals surface area contributed by atoms with Crippen LogP contribution < -0.4 is 19.8 Å². The summed E-state index contributed by atoms with van der Waals surface area (Å²) in [5.74, 6) is -0.994. The highest BCUT2D eigenvalue weighted by Crippen LogP contribution is 2.24. The van der Waals surface area contributed by atoms with Gasteiger partial charge in [-0.3, -0.25) is 4.79 Å². The second-order valence-corrected chi connectivity index (χ2v) is 5.59. The molecule has 130 valence electrons. The molecule has 0 aliphatic heterocycles. The highest BCUT2D eigenvalue weighted by molar-refractivity contribution is 7.99. The van der Waals surface area contributed by atoms with E-state index in [1.807, 2.05) is 0 Å². The smallest absolute Gasteiger partial charge is 0.538 e. The maximum atomic E-state index is 12.0. The number of hydrogen-bond donors (Lipinski definition) is 1. The average Bonchev–Trinajstić information content (AvgIpc) is 2.79. The number of anilines is 1. The SMILES string of the molecule is C[n+]1noc([O-])c1SCCC(=O)Nc1ccc(OC(F)(F)F)cc1. The summed E-state index contributed by atoms with van der Waals surface area (Å²) in [5.41, 5.74) is 0.333. The number of hydrogen-bond acceptors (Lipinski definition) is 6. The molecule has 1 amide bonds. The zero-order chi connectivity index (χ0) is 17.7. The summed E-state index contributed by atoms with van der Waals surface area (Å²) in [7, 11) is 1.54. The van der Waals surface area contributed by atoms with E-state index in [1.54, 1.807) is 0 Å². The molecule has 0 aliphatic rings. The third kappa shape index (κ3) is 5.33. The van der Waals surface area contributed by atoms with Crippen LogP contribution in [0, 0.1) is 0 Å². The van der Waals surface area contributed by atoms with E-state index in [0.29, 0.717) is 11.4 Å². The zero-order valence-electron chi connectivity index (χ0n) is 12.3. The van der Waals surface area contributed by atoms with E-state index in [9.17, 15) is 23.1 Å². The highest BCUT2D eigenvalue weighted by Gasteiger charge is 2.30. The van der Waals surface area contributed by atoms with Gasteiger partial charge in [0.2, 0.25) is 5.91 Å². The molecule has 0 aliphatic carbocycles. The van der Waals surface area contributed by atoms with Crippen molar-refractivity contribution in [3.05, 3.63) is 24.3 Å². The minimum atomic E-state index is -4.76. The molecule has 0 saturated heterocycles. The predicted molar refractivity (Wildman–Crippen MR) is 74.2 cm³/mol. The van der Waals surface area contributed by atoms with Crippen LogP contribution >= 0.6 is 11.8 Å². The van der Waals surface area contributed by atoms with Crippen LogP contribution in [0.1, 0.15) is 6.42 Å². The summed E-state index contributed by atoms with van der Waals surface area (Å²) < 4.78 is 45.5. The van der Waals surface area contributed by atoms with Gasteiger partial charge in [0.15, 0.2) is 13.0 Å². The number of amides is 1. The van der Waals surface area contributed by atoms with Crippen LogP contribution in [0.2, 0.25) is 0 Å². The van der Waals surface area contributed by atoms with E-state index in [2.05, 4.69) is 19.8 Å². The van der Waals surface area contributed by atoms with E-state index in [-0.39, 0.29) is 23.1 Å². The molecule has 1 aromatic carbocycles. The molecule has 0 radical (unpaired) electrons. The van der Waals surface area contributed by atoms with Gasteiger partial charge in [-0.25, -0.2) is 0 Å². The number of halogens is 3. The Morgan fingerprint density at radius 2 is 2.08 bits per heavy atom. The number of carbonyl (C=O) groups is 1. The Kier molecular flexibility index (Phi) is 5.54. The molecular weight excluding hydrogens is 351 g/mol. The van der Waals surface area contributed by atoms with Gasteiger partial charge in [-0.05, 0) is 24.3 Å². The maximum Gasteiger partial charge on any atom is 0.573 e. The molecule has 11 heteroatoms. The Bertz CT molecular complexity index is 684. The van der Waals surface area contributed by atoms with E-state index < -0.39 is 12.3 Å². The Balaban J connectivity index is 1.80. The first-order chi connectivity index (χ1) is 11.2. The van der Waals surface area contributed by atoms with Crippen molar-refractivity contribution >= 4 is 23.4 Å². The summed E-state index contributed by atoms with van der Waals surface area (Å²) >= 11 is 1.12. The van der Waals surface area contributed by atoms with Crippen LogP contribution in [0.4, 0.5) is 18.9 Å². The van der Waals surface area contributed by atoms with Gasteiger partial charge in [0.1, 0.15) is 5.75 Å². The summed E-state index contributed by atoms with van der Waals surface area (Å²) in [6.45, 7) is 0. The maximum absolute atomic E-state index is 12.0. The predicted octanol–water partition coefficient (Wildman–Crippen LogP) is 1.59. The summed E-state index contributed by atoms with van der Waals surface area (Å²) in [6, 6.07) is 4.78. The lowest BCUT2D eigenvalue weighted by molar-refractivity contribution is -0.772. The lowest BCUT2D eigenvalue weighted by Gasteiger charge is -2.09. The quantitative estimate of drug-likeness (QED) is 0.619. The van der Waals surface area contributed by atoms with Gasteiger partial charge in [-0.15, -0.1) is 13.2 Å². The first-order valence-corrected chi connectivity index (χ1v) is 7.54. The van der Waals surface area contributed by atoms with Crippen molar-refractivity contribution in [2.24, 2.45) is 7.05 Å². The molecule has 2 rings (SSSR count). The fourth-order valence-corrected chi connectivity index (χ4v) is 2.52. The number of ether oxygens (including phenoxy) is 1.